The number of halogens is 3. The first-order valence-corrected chi connectivity index (χ1v) is 5.56. The average molecular weight is 240 g/mol. The van der Waals surface area contributed by atoms with Gasteiger partial charge in [-0.1, -0.05) is 20.8 Å². The molecule has 5 heteroatoms. The molecule has 0 bridgehead atoms. The van der Waals surface area contributed by atoms with Crippen molar-refractivity contribution in [3.63, 3.8) is 0 Å². The molecule has 0 rings (SSSR count). The summed E-state index contributed by atoms with van der Waals surface area (Å²) in [5, 5.41) is 3.24. The maximum atomic E-state index is 12.0. The highest BCUT2D eigenvalue weighted by Gasteiger charge is 2.28. The number of hydrogen-bond donors (Lipinski definition) is 1. The molecule has 0 amide bonds. The van der Waals surface area contributed by atoms with Gasteiger partial charge in [0.2, 0.25) is 0 Å². The molecule has 0 aliphatic rings. The maximum absolute atomic E-state index is 12.0. The molecule has 16 heavy (non-hydrogen) atoms. The molecule has 0 unspecified atom stereocenters. The van der Waals surface area contributed by atoms with Crippen molar-refractivity contribution >= 4 is 0 Å². The summed E-state index contributed by atoms with van der Waals surface area (Å²) < 4.78 is 35.9. The van der Waals surface area contributed by atoms with Crippen LogP contribution >= 0.6 is 0 Å². The van der Waals surface area contributed by atoms with E-state index < -0.39 is 12.7 Å². The Balaban J connectivity index is 3.45. The van der Waals surface area contributed by atoms with E-state index in [1.165, 1.54) is 11.9 Å². The molecule has 0 saturated heterocycles. The minimum atomic E-state index is -4.09. The average Bonchev–Trinajstić information content (AvgIpc) is 1.97. The van der Waals surface area contributed by atoms with Gasteiger partial charge in [0, 0.05) is 0 Å². The second kappa shape index (κ2) is 6.45. The molecule has 98 valence electrons. The summed E-state index contributed by atoms with van der Waals surface area (Å²) in [6, 6.07) is 0. The topological polar surface area (TPSA) is 15.3 Å². The Kier molecular flexibility index (Phi) is 6.33. The van der Waals surface area contributed by atoms with Gasteiger partial charge in [-0.2, -0.15) is 13.2 Å². The number of nitrogens with zero attached hydrogens (tertiary/aromatic N) is 1. The molecule has 0 atom stereocenters. The first-order chi connectivity index (χ1) is 7.10. The molecule has 0 aliphatic heterocycles. The molecule has 0 aromatic carbocycles. The van der Waals surface area contributed by atoms with E-state index in [0.717, 1.165) is 19.5 Å². The van der Waals surface area contributed by atoms with Crippen LogP contribution in [-0.4, -0.2) is 44.3 Å². The molecule has 0 spiro atoms. The zero-order chi connectivity index (χ0) is 12.8. The van der Waals surface area contributed by atoms with Crippen molar-refractivity contribution in [3.8, 4) is 0 Å². The van der Waals surface area contributed by atoms with Gasteiger partial charge in [-0.15, -0.1) is 0 Å². The molecule has 0 aromatic rings. The molecule has 0 aromatic heterocycles. The molecule has 0 saturated carbocycles. The van der Waals surface area contributed by atoms with Gasteiger partial charge in [-0.3, -0.25) is 4.90 Å². The zero-order valence-electron chi connectivity index (χ0n) is 10.6. The zero-order valence-corrected chi connectivity index (χ0v) is 10.6. The van der Waals surface area contributed by atoms with Gasteiger partial charge < -0.3 is 5.32 Å². The van der Waals surface area contributed by atoms with E-state index in [2.05, 4.69) is 26.1 Å². The first kappa shape index (κ1) is 15.7. The molecule has 1 N–H and O–H groups in total. The van der Waals surface area contributed by atoms with Crippen LogP contribution in [0.3, 0.4) is 0 Å². The standard InChI is InChI=1S/C11H23F3N2/c1-10(2,3)8-15-6-5-7-16(4)9-11(12,13)14/h15H,5-9H2,1-4H3. The van der Waals surface area contributed by atoms with E-state index in [9.17, 15) is 13.2 Å². The van der Waals surface area contributed by atoms with Crippen molar-refractivity contribution in [1.29, 1.82) is 0 Å². The van der Waals surface area contributed by atoms with E-state index in [4.69, 9.17) is 0 Å². The molecule has 0 aliphatic carbocycles. The van der Waals surface area contributed by atoms with Gasteiger partial charge in [0.15, 0.2) is 0 Å². The highest BCUT2D eigenvalue weighted by Crippen LogP contribution is 2.15. The predicted molar refractivity (Wildman–Crippen MR) is 60.5 cm³/mol. The van der Waals surface area contributed by atoms with E-state index in [1.54, 1.807) is 0 Å². The van der Waals surface area contributed by atoms with Crippen molar-refractivity contribution in [2.24, 2.45) is 5.41 Å². The molecule has 2 nitrogen and oxygen atoms in total. The lowest BCUT2D eigenvalue weighted by Gasteiger charge is -2.20. The Bertz CT molecular complexity index is 185. The predicted octanol–water partition coefficient (Wildman–Crippen LogP) is 2.51. The highest BCUT2D eigenvalue weighted by molar-refractivity contribution is 4.65. The minimum absolute atomic E-state index is 0.220. The third-order valence-electron chi connectivity index (χ3n) is 2.00. The van der Waals surface area contributed by atoms with E-state index in [-0.39, 0.29) is 5.41 Å². The summed E-state index contributed by atoms with van der Waals surface area (Å²) in [6.07, 6.45) is -3.35. The van der Waals surface area contributed by atoms with Crippen molar-refractivity contribution < 1.29 is 13.2 Å². The smallest absolute Gasteiger partial charge is 0.316 e. The monoisotopic (exact) mass is 240 g/mol. The van der Waals surface area contributed by atoms with Crippen LogP contribution < -0.4 is 5.32 Å². The number of alkyl halides is 3. The van der Waals surface area contributed by atoms with Crippen LogP contribution in [0.5, 0.6) is 0 Å². The Morgan fingerprint density at radius 2 is 1.69 bits per heavy atom. The van der Waals surface area contributed by atoms with Gasteiger partial charge in [-0.05, 0) is 38.5 Å². The van der Waals surface area contributed by atoms with E-state index in [1.807, 2.05) is 0 Å². The fraction of sp³-hybridized carbons (Fsp3) is 1.00. The van der Waals surface area contributed by atoms with Crippen LogP contribution in [0.25, 0.3) is 0 Å². The normalized spacial score (nSPS) is 13.5. The minimum Gasteiger partial charge on any atom is -0.316 e. The second-order valence-corrected chi connectivity index (χ2v) is 5.44. The lowest BCUT2D eigenvalue weighted by atomic mass is 9.97. The number of rotatable bonds is 6. The summed E-state index contributed by atoms with van der Waals surface area (Å²) in [7, 11) is 1.50. The maximum Gasteiger partial charge on any atom is 0.401 e. The Morgan fingerprint density at radius 1 is 1.12 bits per heavy atom. The largest absolute Gasteiger partial charge is 0.401 e. The number of hydrogen-bond acceptors (Lipinski definition) is 2. The SMILES string of the molecule is CN(CCCNCC(C)(C)C)CC(F)(F)F. The van der Waals surface area contributed by atoms with Crippen LogP contribution in [0.4, 0.5) is 13.2 Å². The molecule has 0 radical (unpaired) electrons. The van der Waals surface area contributed by atoms with Crippen LogP contribution in [0.15, 0.2) is 0 Å². The lowest BCUT2D eigenvalue weighted by molar-refractivity contribution is -0.143. The molecular formula is C11H23F3N2. The van der Waals surface area contributed by atoms with Gasteiger partial charge in [-0.25, -0.2) is 0 Å². The van der Waals surface area contributed by atoms with Crippen molar-refractivity contribution in [2.75, 3.05) is 33.2 Å². The van der Waals surface area contributed by atoms with Crippen molar-refractivity contribution in [2.45, 2.75) is 33.4 Å². The quantitative estimate of drug-likeness (QED) is 0.718. The summed E-state index contributed by atoms with van der Waals surface area (Å²) in [5.74, 6) is 0. The fourth-order valence-corrected chi connectivity index (χ4v) is 1.32. The van der Waals surface area contributed by atoms with Gasteiger partial charge in [0.1, 0.15) is 0 Å². The molecule has 0 heterocycles. The number of nitrogens with one attached hydrogen (secondary N) is 1. The van der Waals surface area contributed by atoms with E-state index >= 15 is 0 Å². The summed E-state index contributed by atoms with van der Waals surface area (Å²) in [4.78, 5) is 1.30. The third kappa shape index (κ3) is 11.8. The Labute approximate surface area is 96.2 Å². The van der Waals surface area contributed by atoms with Gasteiger partial charge in [0.25, 0.3) is 0 Å². The highest BCUT2D eigenvalue weighted by atomic mass is 19.4. The molecule has 0 fully saturated rings. The van der Waals surface area contributed by atoms with Crippen LogP contribution in [-0.2, 0) is 0 Å². The van der Waals surface area contributed by atoms with Crippen LogP contribution in [0, 0.1) is 5.41 Å². The van der Waals surface area contributed by atoms with Gasteiger partial charge >= 0.3 is 6.18 Å². The van der Waals surface area contributed by atoms with Crippen LogP contribution in [0.1, 0.15) is 27.2 Å². The first-order valence-electron chi connectivity index (χ1n) is 5.56. The second-order valence-electron chi connectivity index (χ2n) is 5.44. The van der Waals surface area contributed by atoms with E-state index in [0.29, 0.717) is 6.54 Å². The van der Waals surface area contributed by atoms with Crippen molar-refractivity contribution in [3.05, 3.63) is 0 Å². The summed E-state index contributed by atoms with van der Waals surface area (Å²) in [6.45, 7) is 7.65. The lowest BCUT2D eigenvalue weighted by Crippen LogP contribution is -2.34. The summed E-state index contributed by atoms with van der Waals surface area (Å²) >= 11 is 0. The summed E-state index contributed by atoms with van der Waals surface area (Å²) in [5.41, 5.74) is 0.220. The fourth-order valence-electron chi connectivity index (χ4n) is 1.32. The Hall–Kier alpha value is -0.290. The van der Waals surface area contributed by atoms with Crippen molar-refractivity contribution in [1.82, 2.24) is 10.2 Å². The van der Waals surface area contributed by atoms with Gasteiger partial charge in [0.05, 0.1) is 6.54 Å². The third-order valence-corrected chi connectivity index (χ3v) is 2.00. The Morgan fingerprint density at radius 3 is 2.12 bits per heavy atom. The van der Waals surface area contributed by atoms with Crippen LogP contribution in [0.2, 0.25) is 0 Å². The molecular weight excluding hydrogens is 217 g/mol.